The first-order valence-electron chi connectivity index (χ1n) is 14.5. The zero-order valence-corrected chi connectivity index (χ0v) is 26.1. The molecule has 4 aromatic rings. The molecule has 5 heteroatoms. The first-order chi connectivity index (χ1) is 19.9. The summed E-state index contributed by atoms with van der Waals surface area (Å²) >= 11 is 0. The largest absolute Gasteiger partial charge is 0.456 e. The van der Waals surface area contributed by atoms with Crippen LogP contribution in [0.15, 0.2) is 90.5 Å². The number of allylic oxidation sites excluding steroid dienone is 2. The van der Waals surface area contributed by atoms with Crippen LogP contribution >= 0.6 is 0 Å². The van der Waals surface area contributed by atoms with Crippen LogP contribution in [0.3, 0.4) is 0 Å². The van der Waals surface area contributed by atoms with E-state index in [-0.39, 0.29) is 11.9 Å². The number of esters is 1. The number of aromatic nitrogens is 1. The number of benzene rings is 3. The highest BCUT2D eigenvalue weighted by atomic mass is 16.6. The zero-order valence-electron chi connectivity index (χ0n) is 26.1. The van der Waals surface area contributed by atoms with Crippen molar-refractivity contribution >= 4 is 22.8 Å². The summed E-state index contributed by atoms with van der Waals surface area (Å²) < 4.78 is 7.94. The van der Waals surface area contributed by atoms with Crippen LogP contribution in [0.2, 0.25) is 0 Å². The van der Waals surface area contributed by atoms with Crippen molar-refractivity contribution in [3.63, 3.8) is 0 Å². The summed E-state index contributed by atoms with van der Waals surface area (Å²) in [5.41, 5.74) is 8.21. The molecule has 218 valence electrons. The van der Waals surface area contributed by atoms with Gasteiger partial charge in [-0.05, 0) is 101 Å². The minimum absolute atomic E-state index is 0.00723. The van der Waals surface area contributed by atoms with Crippen LogP contribution in [-0.4, -0.2) is 40.5 Å². The molecule has 42 heavy (non-hydrogen) atoms. The van der Waals surface area contributed by atoms with E-state index in [4.69, 9.17) is 4.74 Å². The van der Waals surface area contributed by atoms with Gasteiger partial charge < -0.3 is 14.2 Å². The van der Waals surface area contributed by atoms with Crippen molar-refractivity contribution in [3.8, 4) is 11.1 Å². The molecule has 0 fully saturated rings. The van der Waals surface area contributed by atoms with Crippen LogP contribution in [0.25, 0.3) is 22.0 Å². The van der Waals surface area contributed by atoms with E-state index >= 15 is 0 Å². The van der Waals surface area contributed by atoms with Gasteiger partial charge in [0.25, 0.3) is 5.91 Å². The molecule has 4 rings (SSSR count). The number of fused-ring (bicyclic) bond motifs is 1. The smallest absolute Gasteiger partial charge is 0.339 e. The van der Waals surface area contributed by atoms with Crippen LogP contribution in [0.1, 0.15) is 72.2 Å². The Morgan fingerprint density at radius 3 is 2.29 bits per heavy atom. The van der Waals surface area contributed by atoms with Gasteiger partial charge in [-0.25, -0.2) is 4.79 Å². The molecule has 1 heterocycles. The lowest BCUT2D eigenvalue weighted by atomic mass is 9.98. The number of ether oxygens (including phenoxy) is 1. The number of carbonyl (C=O) groups excluding carboxylic acids is 2. The van der Waals surface area contributed by atoms with Crippen LogP contribution in [0, 0.1) is 13.8 Å². The number of likely N-dealkylation sites (N-methyl/N-ethyl adjacent to an activating group) is 1. The van der Waals surface area contributed by atoms with Gasteiger partial charge in [-0.15, -0.1) is 0 Å². The molecule has 1 amide bonds. The second kappa shape index (κ2) is 12.6. The standard InChI is InChI=1S/C37H42N2O3/c1-9-13-27(10-2)23-38(8)35(40)30-20-21-34-33(22-30)25(3)26(4)39(34)24-28-16-18-29(19-17-28)31-14-11-12-15-32(31)36(41)42-37(5,6)7/h9-22H,23-24H2,1-8H3. The van der Waals surface area contributed by atoms with Gasteiger partial charge in [-0.2, -0.15) is 0 Å². The number of aryl methyl sites for hydroxylation is 1. The van der Waals surface area contributed by atoms with Crippen molar-refractivity contribution in [3.05, 3.63) is 118 Å². The van der Waals surface area contributed by atoms with Crippen molar-refractivity contribution in [2.45, 2.75) is 60.6 Å². The second-order valence-corrected chi connectivity index (χ2v) is 11.8. The van der Waals surface area contributed by atoms with Gasteiger partial charge in [-0.1, -0.05) is 60.7 Å². The molecular formula is C37H42N2O3. The first kappa shape index (κ1) is 30.6. The predicted octanol–water partition coefficient (Wildman–Crippen LogP) is 8.52. The molecule has 0 unspecified atom stereocenters. The normalized spacial score (nSPS) is 12.2. The first-order valence-corrected chi connectivity index (χ1v) is 14.5. The lowest BCUT2D eigenvalue weighted by Crippen LogP contribution is -2.28. The maximum atomic E-state index is 13.3. The Morgan fingerprint density at radius 1 is 0.952 bits per heavy atom. The van der Waals surface area contributed by atoms with E-state index in [9.17, 15) is 9.59 Å². The van der Waals surface area contributed by atoms with Gasteiger partial charge in [0.2, 0.25) is 0 Å². The minimum atomic E-state index is -0.560. The molecule has 0 saturated carbocycles. The average molecular weight is 563 g/mol. The number of nitrogens with zero attached hydrogens (tertiary/aromatic N) is 2. The van der Waals surface area contributed by atoms with Crippen molar-refractivity contribution in [1.29, 1.82) is 0 Å². The summed E-state index contributed by atoms with van der Waals surface area (Å²) in [6.45, 7) is 15.1. The lowest BCUT2D eigenvalue weighted by Gasteiger charge is -2.20. The fourth-order valence-corrected chi connectivity index (χ4v) is 5.23. The highest BCUT2D eigenvalue weighted by Gasteiger charge is 2.21. The summed E-state index contributed by atoms with van der Waals surface area (Å²) in [4.78, 5) is 27.9. The number of hydrogen-bond acceptors (Lipinski definition) is 3. The van der Waals surface area contributed by atoms with Crippen LogP contribution in [0.5, 0.6) is 0 Å². The third kappa shape index (κ3) is 6.73. The second-order valence-electron chi connectivity index (χ2n) is 11.8. The van der Waals surface area contributed by atoms with Gasteiger partial charge in [0, 0.05) is 42.3 Å². The van der Waals surface area contributed by atoms with Crippen LogP contribution < -0.4 is 0 Å². The summed E-state index contributed by atoms with van der Waals surface area (Å²) in [7, 11) is 1.85. The number of hydrogen-bond donors (Lipinski definition) is 0. The summed E-state index contributed by atoms with van der Waals surface area (Å²) in [6.07, 6.45) is 6.06. The molecule has 0 spiro atoms. The van der Waals surface area contributed by atoms with E-state index in [2.05, 4.69) is 48.7 Å². The summed E-state index contributed by atoms with van der Waals surface area (Å²) in [5.74, 6) is -0.316. The van der Waals surface area contributed by atoms with Gasteiger partial charge >= 0.3 is 5.97 Å². The number of rotatable bonds is 8. The van der Waals surface area contributed by atoms with Crippen LogP contribution in [0.4, 0.5) is 0 Å². The SMILES string of the molecule is CC=CC(=CC)CN(C)C(=O)c1ccc2c(c1)c(C)c(C)n2Cc1ccc(-c2ccccc2C(=O)OC(C)(C)C)cc1. The highest BCUT2D eigenvalue weighted by Crippen LogP contribution is 2.30. The molecule has 0 aliphatic heterocycles. The van der Waals surface area contributed by atoms with Gasteiger partial charge in [0.05, 0.1) is 5.56 Å². The topological polar surface area (TPSA) is 51.5 Å². The molecule has 5 nitrogen and oxygen atoms in total. The Hall–Kier alpha value is -4.38. The van der Waals surface area contributed by atoms with Crippen molar-refractivity contribution in [1.82, 2.24) is 9.47 Å². The number of amides is 1. The lowest BCUT2D eigenvalue weighted by molar-refractivity contribution is 0.00703. The number of carbonyl (C=O) groups is 2. The molecule has 0 atom stereocenters. The quantitative estimate of drug-likeness (QED) is 0.160. The van der Waals surface area contributed by atoms with E-state index < -0.39 is 5.60 Å². The molecule has 1 aromatic heterocycles. The van der Waals surface area contributed by atoms with Crippen molar-refractivity contribution in [2.75, 3.05) is 13.6 Å². The Kier molecular flexibility index (Phi) is 9.20. The molecule has 3 aromatic carbocycles. The maximum absolute atomic E-state index is 13.3. The van der Waals surface area contributed by atoms with Gasteiger partial charge in [0.1, 0.15) is 5.60 Å². The van der Waals surface area contributed by atoms with E-state index in [0.717, 1.165) is 33.2 Å². The fourth-order valence-electron chi connectivity index (χ4n) is 5.23. The summed E-state index contributed by atoms with van der Waals surface area (Å²) in [6, 6.07) is 21.9. The molecule has 0 N–H and O–H groups in total. The monoisotopic (exact) mass is 562 g/mol. The highest BCUT2D eigenvalue weighted by molar-refractivity contribution is 5.99. The zero-order chi connectivity index (χ0) is 30.6. The Labute approximate surface area is 250 Å². The van der Waals surface area contributed by atoms with Crippen molar-refractivity contribution in [2.24, 2.45) is 0 Å². The van der Waals surface area contributed by atoms with Gasteiger partial charge in [-0.3, -0.25) is 4.79 Å². The molecule has 0 bridgehead atoms. The molecular weight excluding hydrogens is 520 g/mol. The third-order valence-electron chi connectivity index (χ3n) is 7.56. The van der Waals surface area contributed by atoms with E-state index in [1.807, 2.05) is 96.3 Å². The Morgan fingerprint density at radius 2 is 1.64 bits per heavy atom. The summed E-state index contributed by atoms with van der Waals surface area (Å²) in [5, 5.41) is 1.09. The minimum Gasteiger partial charge on any atom is -0.456 e. The maximum Gasteiger partial charge on any atom is 0.339 e. The van der Waals surface area contributed by atoms with E-state index in [1.165, 1.54) is 11.3 Å². The Bertz CT molecular complexity index is 1660. The average Bonchev–Trinajstić information content (AvgIpc) is 3.20. The predicted molar refractivity (Wildman–Crippen MR) is 173 cm³/mol. The molecule has 0 saturated heterocycles. The molecule has 0 aliphatic carbocycles. The third-order valence-corrected chi connectivity index (χ3v) is 7.56. The molecule has 0 aliphatic rings. The van der Waals surface area contributed by atoms with E-state index in [1.54, 1.807) is 4.90 Å². The van der Waals surface area contributed by atoms with Crippen LogP contribution in [-0.2, 0) is 11.3 Å². The van der Waals surface area contributed by atoms with E-state index in [0.29, 0.717) is 24.2 Å². The molecule has 0 radical (unpaired) electrons. The Balaban J connectivity index is 1.58. The van der Waals surface area contributed by atoms with Crippen molar-refractivity contribution < 1.29 is 14.3 Å². The fraction of sp³-hybridized carbons (Fsp3) is 0.297. The van der Waals surface area contributed by atoms with Gasteiger partial charge in [0.15, 0.2) is 0 Å².